The first-order valence-electron chi connectivity index (χ1n) is 20.2. The fraction of sp³-hybridized carbons (Fsp3) is 0. The van der Waals surface area contributed by atoms with E-state index in [-0.39, 0.29) is 0 Å². The third kappa shape index (κ3) is 5.59. The fourth-order valence-corrected chi connectivity index (χ4v) is 8.73. The monoisotopic (exact) mass is 766 g/mol. The molecule has 3 heterocycles. The maximum atomic E-state index is 6.90. The van der Waals surface area contributed by atoms with Gasteiger partial charge in [-0.3, -0.25) is 0 Å². The highest BCUT2D eigenvalue weighted by Gasteiger charge is 2.23. The summed E-state index contributed by atoms with van der Waals surface area (Å²) in [6.45, 7) is 0. The lowest BCUT2D eigenvalue weighted by Crippen LogP contribution is -2.01. The summed E-state index contributed by atoms with van der Waals surface area (Å²) in [4.78, 5) is 15.7. The highest BCUT2D eigenvalue weighted by atomic mass is 16.3. The second kappa shape index (κ2) is 13.8. The Morgan fingerprint density at radius 1 is 0.350 bits per heavy atom. The Labute approximate surface area is 345 Å². The Morgan fingerprint density at radius 3 is 1.50 bits per heavy atom. The molecule has 0 aliphatic heterocycles. The summed E-state index contributed by atoms with van der Waals surface area (Å²) in [5.74, 6) is 1.77. The minimum absolute atomic E-state index is 0.575. The van der Waals surface area contributed by atoms with Gasteiger partial charge in [0, 0.05) is 38.2 Å². The molecule has 5 heteroatoms. The highest BCUT2D eigenvalue weighted by molar-refractivity contribution is 6.17. The minimum atomic E-state index is 0.575. The molecule has 280 valence electrons. The first-order valence-corrected chi connectivity index (χ1v) is 20.2. The predicted molar refractivity (Wildman–Crippen MR) is 246 cm³/mol. The lowest BCUT2D eigenvalue weighted by molar-refractivity contribution is 0.666. The number of hydrogen-bond donors (Lipinski definition) is 0. The summed E-state index contributed by atoms with van der Waals surface area (Å²) >= 11 is 0. The SMILES string of the molecule is c1ccc(-c2ccc(-c3nc(-c4ccc(-c5ccccc5)cc4)nc(-c4ccc(-n5c6ccccc6c6cc7ccccc7cc65)c5oc6ccccc6c45)n3)cc2)cc1. The zero-order chi connectivity index (χ0) is 39.6. The summed E-state index contributed by atoms with van der Waals surface area (Å²) in [5, 5.41) is 6.74. The second-order valence-corrected chi connectivity index (χ2v) is 15.2. The van der Waals surface area contributed by atoms with Gasteiger partial charge in [-0.25, -0.2) is 15.0 Å². The van der Waals surface area contributed by atoms with Crippen molar-refractivity contribution in [2.75, 3.05) is 0 Å². The number of nitrogens with zero attached hydrogens (tertiary/aromatic N) is 4. The van der Waals surface area contributed by atoms with Crippen LogP contribution in [0.25, 0.3) is 117 Å². The third-order valence-corrected chi connectivity index (χ3v) is 11.7. The largest absolute Gasteiger partial charge is 0.454 e. The van der Waals surface area contributed by atoms with Gasteiger partial charge in [0.25, 0.3) is 0 Å². The van der Waals surface area contributed by atoms with Gasteiger partial charge < -0.3 is 8.98 Å². The lowest BCUT2D eigenvalue weighted by Gasteiger charge is -2.13. The van der Waals surface area contributed by atoms with E-state index in [0.29, 0.717) is 17.5 Å². The third-order valence-electron chi connectivity index (χ3n) is 11.7. The molecule has 60 heavy (non-hydrogen) atoms. The van der Waals surface area contributed by atoms with Crippen LogP contribution < -0.4 is 0 Å². The normalized spacial score (nSPS) is 11.7. The molecule has 12 aromatic rings. The molecular formula is C55H34N4O. The molecule has 0 aliphatic rings. The maximum Gasteiger partial charge on any atom is 0.164 e. The number of benzene rings is 9. The Kier molecular flexibility index (Phi) is 7.78. The summed E-state index contributed by atoms with van der Waals surface area (Å²) in [6, 6.07) is 72.1. The first-order chi connectivity index (χ1) is 29.7. The Bertz CT molecular complexity index is 3470. The molecule has 9 aromatic carbocycles. The lowest BCUT2D eigenvalue weighted by atomic mass is 10.0. The zero-order valence-electron chi connectivity index (χ0n) is 32.3. The fourth-order valence-electron chi connectivity index (χ4n) is 8.73. The summed E-state index contributed by atoms with van der Waals surface area (Å²) in [6.07, 6.45) is 0. The Balaban J connectivity index is 1.09. The summed E-state index contributed by atoms with van der Waals surface area (Å²) in [5.41, 5.74) is 12.0. The van der Waals surface area contributed by atoms with Crippen molar-refractivity contribution >= 4 is 54.5 Å². The number of fused-ring (bicyclic) bond motifs is 7. The molecule has 12 rings (SSSR count). The molecule has 0 saturated carbocycles. The quantitative estimate of drug-likeness (QED) is 0.169. The van der Waals surface area contributed by atoms with E-state index in [0.717, 1.165) is 77.6 Å². The molecule has 0 fully saturated rings. The van der Waals surface area contributed by atoms with Crippen LogP contribution in [0.5, 0.6) is 0 Å². The molecule has 3 aromatic heterocycles. The van der Waals surface area contributed by atoms with Gasteiger partial charge in [-0.05, 0) is 69.4 Å². The van der Waals surface area contributed by atoms with E-state index >= 15 is 0 Å². The van der Waals surface area contributed by atoms with Crippen LogP contribution in [-0.2, 0) is 0 Å². The van der Waals surface area contributed by atoms with Crippen molar-refractivity contribution in [2.24, 2.45) is 0 Å². The second-order valence-electron chi connectivity index (χ2n) is 15.2. The average molecular weight is 767 g/mol. The van der Waals surface area contributed by atoms with Crippen molar-refractivity contribution < 1.29 is 4.42 Å². The van der Waals surface area contributed by atoms with Gasteiger partial charge >= 0.3 is 0 Å². The van der Waals surface area contributed by atoms with Crippen molar-refractivity contribution in [3.63, 3.8) is 0 Å². The van der Waals surface area contributed by atoms with Crippen LogP contribution in [0.2, 0.25) is 0 Å². The van der Waals surface area contributed by atoms with E-state index in [9.17, 15) is 0 Å². The molecule has 0 atom stereocenters. The average Bonchev–Trinajstić information content (AvgIpc) is 3.87. The van der Waals surface area contributed by atoms with E-state index in [2.05, 4.69) is 187 Å². The number of furan rings is 1. The minimum Gasteiger partial charge on any atom is -0.454 e. The molecule has 0 unspecified atom stereocenters. The molecule has 0 saturated heterocycles. The zero-order valence-corrected chi connectivity index (χ0v) is 32.3. The summed E-state index contributed by atoms with van der Waals surface area (Å²) < 4.78 is 9.25. The van der Waals surface area contributed by atoms with Crippen molar-refractivity contribution in [1.82, 2.24) is 19.5 Å². The van der Waals surface area contributed by atoms with Crippen molar-refractivity contribution in [2.45, 2.75) is 0 Å². The molecule has 0 N–H and O–H groups in total. The van der Waals surface area contributed by atoms with Gasteiger partial charge in [-0.2, -0.15) is 0 Å². The van der Waals surface area contributed by atoms with Crippen LogP contribution in [0, 0.1) is 0 Å². The molecule has 0 aliphatic carbocycles. The van der Waals surface area contributed by atoms with Crippen molar-refractivity contribution in [3.05, 3.63) is 206 Å². The van der Waals surface area contributed by atoms with Crippen LogP contribution >= 0.6 is 0 Å². The van der Waals surface area contributed by atoms with Gasteiger partial charge in [0.15, 0.2) is 23.1 Å². The smallest absolute Gasteiger partial charge is 0.164 e. The highest BCUT2D eigenvalue weighted by Crippen LogP contribution is 2.43. The maximum absolute atomic E-state index is 6.90. The Morgan fingerprint density at radius 2 is 0.850 bits per heavy atom. The number of para-hydroxylation sites is 2. The van der Waals surface area contributed by atoms with Crippen LogP contribution in [-0.4, -0.2) is 19.5 Å². The topological polar surface area (TPSA) is 56.7 Å². The van der Waals surface area contributed by atoms with Gasteiger partial charge in [0.1, 0.15) is 5.58 Å². The van der Waals surface area contributed by atoms with Crippen molar-refractivity contribution in [1.29, 1.82) is 0 Å². The first kappa shape index (κ1) is 33.9. The molecule has 0 bridgehead atoms. The Hall–Kier alpha value is -8.15. The van der Waals surface area contributed by atoms with Crippen LogP contribution in [0.15, 0.2) is 211 Å². The van der Waals surface area contributed by atoms with E-state index in [1.807, 2.05) is 24.3 Å². The van der Waals surface area contributed by atoms with Gasteiger partial charge in [-0.15, -0.1) is 0 Å². The van der Waals surface area contributed by atoms with Crippen LogP contribution in [0.4, 0.5) is 0 Å². The van der Waals surface area contributed by atoms with Crippen molar-refractivity contribution in [3.8, 4) is 62.1 Å². The molecular weight excluding hydrogens is 733 g/mol. The van der Waals surface area contributed by atoms with E-state index < -0.39 is 0 Å². The summed E-state index contributed by atoms with van der Waals surface area (Å²) in [7, 11) is 0. The van der Waals surface area contributed by atoms with E-state index in [1.165, 1.54) is 21.5 Å². The van der Waals surface area contributed by atoms with E-state index in [4.69, 9.17) is 19.4 Å². The van der Waals surface area contributed by atoms with E-state index in [1.54, 1.807) is 0 Å². The van der Waals surface area contributed by atoms with Gasteiger partial charge in [0.2, 0.25) is 0 Å². The number of hydrogen-bond acceptors (Lipinski definition) is 4. The molecule has 0 spiro atoms. The molecule has 0 amide bonds. The van der Waals surface area contributed by atoms with Gasteiger partial charge in [0.05, 0.1) is 16.7 Å². The number of rotatable bonds is 6. The molecule has 5 nitrogen and oxygen atoms in total. The molecule has 0 radical (unpaired) electrons. The number of aromatic nitrogens is 4. The standard InChI is InChI=1S/C55H34N4O/c1-3-13-35(14-4-1)37-23-27-39(28-24-37)53-56-54(40-29-25-38(26-30-40)36-15-5-2-6-16-36)58-55(57-53)45-31-32-48(52-51(45)44-20-10-12-22-50(44)60-52)59-47-21-11-9-19-43(47)46-33-41-17-7-8-18-42(41)34-49(46)59/h1-34H. The van der Waals surface area contributed by atoms with Crippen LogP contribution in [0.3, 0.4) is 0 Å². The van der Waals surface area contributed by atoms with Gasteiger partial charge in [-0.1, -0.05) is 170 Å². The van der Waals surface area contributed by atoms with Crippen LogP contribution in [0.1, 0.15) is 0 Å². The predicted octanol–water partition coefficient (Wildman–Crippen LogP) is 14.4.